The molecule has 112 valence electrons. The second kappa shape index (κ2) is 7.61. The largest absolute Gasteiger partial charge is 0.506 e. The first kappa shape index (κ1) is 16.9. The molecule has 2 rings (SSSR count). The lowest BCUT2D eigenvalue weighted by Gasteiger charge is -2.04. The molecule has 0 aliphatic heterocycles. The van der Waals surface area contributed by atoms with Crippen molar-refractivity contribution in [3.05, 3.63) is 46.4 Å². The van der Waals surface area contributed by atoms with Crippen molar-refractivity contribution < 1.29 is 15.0 Å². The summed E-state index contributed by atoms with van der Waals surface area (Å²) in [5, 5.41) is 21.3. The van der Waals surface area contributed by atoms with Gasteiger partial charge in [0.25, 0.3) is 0 Å². The predicted octanol–water partition coefficient (Wildman–Crippen LogP) is 3.63. The average Bonchev–Trinajstić information content (AvgIpc) is 2.39. The maximum atomic E-state index is 10.6. The first-order chi connectivity index (χ1) is 9.79. The van der Waals surface area contributed by atoms with Crippen molar-refractivity contribution in [2.45, 2.75) is 6.92 Å². The zero-order chi connectivity index (χ0) is 16.0. The summed E-state index contributed by atoms with van der Waals surface area (Å²) in [6.07, 6.45) is 0. The Balaban J connectivity index is 0.000000219. The summed E-state index contributed by atoms with van der Waals surface area (Å²) in [4.78, 5) is 10.6. The molecule has 0 heterocycles. The van der Waals surface area contributed by atoms with Crippen LogP contribution in [-0.2, 0) is 4.79 Å². The molecular formula is C14H14Cl2N2O3. The van der Waals surface area contributed by atoms with E-state index in [1.54, 1.807) is 12.1 Å². The summed E-state index contributed by atoms with van der Waals surface area (Å²) < 4.78 is 0. The number of carbonyl (C=O) groups excluding carboxylic acids is 1. The van der Waals surface area contributed by atoms with E-state index in [1.807, 2.05) is 0 Å². The van der Waals surface area contributed by atoms with E-state index in [4.69, 9.17) is 34.0 Å². The van der Waals surface area contributed by atoms with Gasteiger partial charge in [0.2, 0.25) is 5.91 Å². The highest BCUT2D eigenvalue weighted by atomic mass is 35.5. The highest BCUT2D eigenvalue weighted by molar-refractivity contribution is 6.32. The molecule has 0 atom stereocenters. The first-order valence-electron chi connectivity index (χ1n) is 5.79. The Morgan fingerprint density at radius 1 is 1.10 bits per heavy atom. The van der Waals surface area contributed by atoms with Gasteiger partial charge in [-0.1, -0.05) is 23.2 Å². The fourth-order valence-electron chi connectivity index (χ4n) is 1.32. The van der Waals surface area contributed by atoms with E-state index >= 15 is 0 Å². The van der Waals surface area contributed by atoms with Crippen LogP contribution in [0.25, 0.3) is 0 Å². The molecule has 0 aromatic heterocycles. The van der Waals surface area contributed by atoms with Gasteiger partial charge >= 0.3 is 0 Å². The third-order valence-corrected chi connectivity index (χ3v) is 2.78. The maximum absolute atomic E-state index is 10.6. The fourth-order valence-corrected chi connectivity index (χ4v) is 1.68. The molecule has 0 saturated carbocycles. The van der Waals surface area contributed by atoms with Gasteiger partial charge in [-0.25, -0.2) is 0 Å². The molecule has 2 aromatic rings. The molecule has 0 aliphatic carbocycles. The Hall–Kier alpha value is -2.11. The number of nitrogens with one attached hydrogen (secondary N) is 1. The van der Waals surface area contributed by atoms with Crippen molar-refractivity contribution in [1.82, 2.24) is 0 Å². The van der Waals surface area contributed by atoms with E-state index in [1.165, 1.54) is 31.2 Å². The summed E-state index contributed by atoms with van der Waals surface area (Å²) >= 11 is 11.1. The first-order valence-corrected chi connectivity index (χ1v) is 6.55. The number of phenolic OH excluding ortho intramolecular Hbond substituents is 2. The van der Waals surface area contributed by atoms with Gasteiger partial charge in [0.05, 0.1) is 10.7 Å². The van der Waals surface area contributed by atoms with E-state index in [2.05, 4.69) is 5.32 Å². The van der Waals surface area contributed by atoms with E-state index in [0.29, 0.717) is 16.4 Å². The van der Waals surface area contributed by atoms with Crippen LogP contribution in [0.2, 0.25) is 10.0 Å². The monoisotopic (exact) mass is 328 g/mol. The van der Waals surface area contributed by atoms with Crippen LogP contribution in [-0.4, -0.2) is 16.1 Å². The van der Waals surface area contributed by atoms with E-state index in [9.17, 15) is 9.90 Å². The number of rotatable bonds is 1. The number of nitrogen functional groups attached to an aromatic ring is 1. The quantitative estimate of drug-likeness (QED) is 0.365. The topological polar surface area (TPSA) is 95.6 Å². The molecule has 0 fully saturated rings. The summed E-state index contributed by atoms with van der Waals surface area (Å²) in [7, 11) is 0. The lowest BCUT2D eigenvalue weighted by Crippen LogP contribution is -2.05. The molecule has 0 bridgehead atoms. The molecule has 21 heavy (non-hydrogen) atoms. The Labute approximate surface area is 131 Å². The van der Waals surface area contributed by atoms with Crippen LogP contribution < -0.4 is 11.1 Å². The molecule has 0 unspecified atom stereocenters. The van der Waals surface area contributed by atoms with Crippen molar-refractivity contribution in [2.24, 2.45) is 0 Å². The lowest BCUT2D eigenvalue weighted by atomic mass is 10.3. The Kier molecular flexibility index (Phi) is 6.14. The van der Waals surface area contributed by atoms with Crippen molar-refractivity contribution in [3.8, 4) is 11.5 Å². The van der Waals surface area contributed by atoms with Crippen molar-refractivity contribution in [2.75, 3.05) is 11.1 Å². The van der Waals surface area contributed by atoms with Crippen LogP contribution in [0, 0.1) is 0 Å². The van der Waals surface area contributed by atoms with Crippen LogP contribution in [0.3, 0.4) is 0 Å². The van der Waals surface area contributed by atoms with Crippen LogP contribution in [0.5, 0.6) is 11.5 Å². The zero-order valence-electron chi connectivity index (χ0n) is 11.1. The minimum absolute atomic E-state index is 0.00889. The number of carbonyl (C=O) groups is 1. The molecular weight excluding hydrogens is 315 g/mol. The summed E-state index contributed by atoms with van der Waals surface area (Å²) in [6.45, 7) is 1.36. The summed E-state index contributed by atoms with van der Waals surface area (Å²) in [6, 6.07) is 8.99. The molecule has 0 saturated heterocycles. The number of hydrogen-bond donors (Lipinski definition) is 4. The van der Waals surface area contributed by atoms with Crippen LogP contribution in [0.4, 0.5) is 11.4 Å². The van der Waals surface area contributed by atoms with Crippen molar-refractivity contribution in [1.29, 1.82) is 0 Å². The number of benzene rings is 2. The molecule has 0 radical (unpaired) electrons. The third-order valence-electron chi connectivity index (χ3n) is 2.24. The van der Waals surface area contributed by atoms with Gasteiger partial charge < -0.3 is 21.3 Å². The van der Waals surface area contributed by atoms with Crippen molar-refractivity contribution >= 4 is 40.5 Å². The Morgan fingerprint density at radius 2 is 1.71 bits per heavy atom. The smallest absolute Gasteiger partial charge is 0.221 e. The number of amides is 1. The summed E-state index contributed by atoms with van der Waals surface area (Å²) in [5.41, 5.74) is 6.21. The highest BCUT2D eigenvalue weighted by Gasteiger charge is 2.02. The molecule has 5 nitrogen and oxygen atoms in total. The fraction of sp³-hybridized carbons (Fsp3) is 0.0714. The Morgan fingerprint density at radius 3 is 2.24 bits per heavy atom. The standard InChI is InChI=1S/C8H8ClNO2.C6H6ClNO/c1-5(11)10-7-4-6(9)2-3-8(7)12;7-5-3-4(8)1-2-6(5)9/h2-4,12H,1H3,(H,10,11);1-3,9H,8H2. The van der Waals surface area contributed by atoms with Gasteiger partial charge in [-0.05, 0) is 36.4 Å². The van der Waals surface area contributed by atoms with E-state index in [0.717, 1.165) is 0 Å². The maximum Gasteiger partial charge on any atom is 0.221 e. The van der Waals surface area contributed by atoms with Gasteiger partial charge in [-0.15, -0.1) is 0 Å². The molecule has 7 heteroatoms. The van der Waals surface area contributed by atoms with E-state index < -0.39 is 0 Å². The number of halogens is 2. The number of hydrogen-bond acceptors (Lipinski definition) is 4. The van der Waals surface area contributed by atoms with Gasteiger partial charge in [-0.3, -0.25) is 4.79 Å². The summed E-state index contributed by atoms with van der Waals surface area (Å²) in [5.74, 6) is -0.173. The molecule has 0 spiro atoms. The van der Waals surface area contributed by atoms with Gasteiger partial charge in [-0.2, -0.15) is 0 Å². The number of anilines is 2. The molecule has 5 N–H and O–H groups in total. The minimum Gasteiger partial charge on any atom is -0.506 e. The van der Waals surface area contributed by atoms with Crippen LogP contribution in [0.15, 0.2) is 36.4 Å². The number of nitrogens with two attached hydrogens (primary N) is 1. The van der Waals surface area contributed by atoms with Gasteiger partial charge in [0, 0.05) is 17.6 Å². The minimum atomic E-state index is -0.243. The SMILES string of the molecule is CC(=O)Nc1cc(Cl)ccc1O.Nc1ccc(O)c(Cl)c1. The van der Waals surface area contributed by atoms with Gasteiger partial charge in [0.1, 0.15) is 11.5 Å². The normalized spacial score (nSPS) is 9.48. The second-order valence-electron chi connectivity index (χ2n) is 4.05. The number of phenols is 2. The molecule has 0 aliphatic rings. The zero-order valence-corrected chi connectivity index (χ0v) is 12.6. The average molecular weight is 329 g/mol. The third kappa shape index (κ3) is 5.81. The van der Waals surface area contributed by atoms with Crippen molar-refractivity contribution in [3.63, 3.8) is 0 Å². The highest BCUT2D eigenvalue weighted by Crippen LogP contribution is 2.26. The Bertz CT molecular complexity index is 648. The predicted molar refractivity (Wildman–Crippen MR) is 84.9 cm³/mol. The second-order valence-corrected chi connectivity index (χ2v) is 4.90. The molecule has 2 aromatic carbocycles. The number of aromatic hydroxyl groups is 2. The van der Waals surface area contributed by atoms with Gasteiger partial charge in [0.15, 0.2) is 0 Å². The lowest BCUT2D eigenvalue weighted by molar-refractivity contribution is -0.114. The van der Waals surface area contributed by atoms with Crippen LogP contribution >= 0.6 is 23.2 Å². The molecule has 1 amide bonds. The van der Waals surface area contributed by atoms with Crippen LogP contribution in [0.1, 0.15) is 6.92 Å². The van der Waals surface area contributed by atoms with E-state index in [-0.39, 0.29) is 22.4 Å².